The van der Waals surface area contributed by atoms with Gasteiger partial charge in [-0.15, -0.1) is 0 Å². The quantitative estimate of drug-likeness (QED) is 0.711. The number of nitrogens with zero attached hydrogens (tertiary/aromatic N) is 1. The number of fused-ring (bicyclic) bond motifs is 2. The van der Waals surface area contributed by atoms with E-state index in [1.54, 1.807) is 0 Å². The fourth-order valence-electron chi connectivity index (χ4n) is 2.22. The number of aromatic amines is 2. The fraction of sp³-hybridized carbons (Fsp3) is 0.417. The van der Waals surface area contributed by atoms with Crippen LogP contribution in [0.1, 0.15) is 25.1 Å². The molecule has 0 saturated heterocycles. The van der Waals surface area contributed by atoms with Gasteiger partial charge in [-0.2, -0.15) is 0 Å². The Morgan fingerprint density at radius 3 is 3.00 bits per heavy atom. The van der Waals surface area contributed by atoms with E-state index in [1.165, 1.54) is 0 Å². The molecule has 0 fully saturated rings. The highest BCUT2D eigenvalue weighted by atomic mass is 32.1. The first-order valence-electron chi connectivity index (χ1n) is 5.74. The molecule has 2 N–H and O–H groups in total. The molecular formula is C12H13N3O2S. The Kier molecular flexibility index (Phi) is 2.39. The molecule has 5 nitrogen and oxygen atoms in total. The molecule has 3 rings (SSSR count). The molecule has 0 unspecified atom stereocenters. The van der Waals surface area contributed by atoms with E-state index in [4.69, 9.17) is 17.0 Å². The van der Waals surface area contributed by atoms with Crippen LogP contribution in [0.3, 0.4) is 0 Å². The van der Waals surface area contributed by atoms with Crippen LogP contribution in [0.4, 0.5) is 0 Å². The molecule has 0 saturated carbocycles. The van der Waals surface area contributed by atoms with E-state index in [9.17, 15) is 4.79 Å². The number of rotatable bonds is 0. The van der Waals surface area contributed by atoms with Crippen molar-refractivity contribution in [1.82, 2.24) is 15.0 Å². The van der Waals surface area contributed by atoms with Crippen molar-refractivity contribution in [2.45, 2.75) is 32.5 Å². The van der Waals surface area contributed by atoms with Gasteiger partial charge in [0.25, 0.3) is 5.56 Å². The molecule has 18 heavy (non-hydrogen) atoms. The van der Waals surface area contributed by atoms with Gasteiger partial charge in [0.1, 0.15) is 5.65 Å². The smallest absolute Gasteiger partial charge is 0.261 e. The maximum Gasteiger partial charge on any atom is 0.261 e. The molecule has 0 bridgehead atoms. The van der Waals surface area contributed by atoms with Crippen LogP contribution in [-0.4, -0.2) is 20.6 Å². The Labute approximate surface area is 108 Å². The summed E-state index contributed by atoms with van der Waals surface area (Å²) in [4.78, 5) is 21.7. The number of aromatic nitrogens is 3. The van der Waals surface area contributed by atoms with E-state index >= 15 is 0 Å². The van der Waals surface area contributed by atoms with Gasteiger partial charge in [-0.05, 0) is 37.7 Å². The maximum atomic E-state index is 11.8. The minimum absolute atomic E-state index is 0.201. The summed E-state index contributed by atoms with van der Waals surface area (Å²) >= 11 is 4.94. The third-order valence-corrected chi connectivity index (χ3v) is 3.31. The molecule has 0 aliphatic carbocycles. The summed E-state index contributed by atoms with van der Waals surface area (Å²) in [6.45, 7) is 4.53. The second-order valence-corrected chi connectivity index (χ2v) is 5.53. The van der Waals surface area contributed by atoms with Gasteiger partial charge in [0.15, 0.2) is 4.77 Å². The number of hydrogen-bond acceptors (Lipinski definition) is 4. The number of nitrogens with one attached hydrogen (secondary N) is 2. The summed E-state index contributed by atoms with van der Waals surface area (Å²) in [6.07, 6.45) is 0.750. The summed E-state index contributed by atoms with van der Waals surface area (Å²) in [5, 5.41) is 0.542. The SMILES string of the molecule is CC1(C)Cc2cc3c(=O)[nH]c(=S)[nH]c3nc2CO1. The van der Waals surface area contributed by atoms with Gasteiger partial charge in [-0.1, -0.05) is 0 Å². The van der Waals surface area contributed by atoms with Crippen molar-refractivity contribution in [3.63, 3.8) is 0 Å². The number of H-pyrrole nitrogens is 2. The largest absolute Gasteiger partial charge is 0.369 e. The third kappa shape index (κ3) is 1.87. The number of ether oxygens (including phenoxy) is 1. The minimum atomic E-state index is -0.212. The molecule has 0 aromatic carbocycles. The molecule has 2 aromatic heterocycles. The molecule has 3 heterocycles. The van der Waals surface area contributed by atoms with E-state index in [1.807, 2.05) is 19.9 Å². The lowest BCUT2D eigenvalue weighted by molar-refractivity contribution is -0.0418. The Morgan fingerprint density at radius 1 is 1.44 bits per heavy atom. The van der Waals surface area contributed by atoms with Crippen LogP contribution in [0, 0.1) is 4.77 Å². The second kappa shape index (κ2) is 3.73. The van der Waals surface area contributed by atoms with Crippen LogP contribution in [0.15, 0.2) is 10.9 Å². The molecular weight excluding hydrogens is 250 g/mol. The van der Waals surface area contributed by atoms with Crippen LogP contribution in [0.5, 0.6) is 0 Å². The van der Waals surface area contributed by atoms with Gasteiger partial charge in [-0.3, -0.25) is 9.78 Å². The summed E-state index contributed by atoms with van der Waals surface area (Å²) in [5.41, 5.74) is 2.04. The lowest BCUT2D eigenvalue weighted by Gasteiger charge is -2.31. The van der Waals surface area contributed by atoms with Crippen LogP contribution in [-0.2, 0) is 17.8 Å². The standard InChI is InChI=1S/C12H13N3O2S/c1-12(2)4-6-3-7-9(13-8(6)5-17-12)14-11(18)15-10(7)16/h3H,4-5H2,1-2H3,(H2,13,14,15,16,18). The Balaban J connectivity index is 2.29. The molecule has 1 aliphatic heterocycles. The molecule has 0 spiro atoms. The number of hydrogen-bond donors (Lipinski definition) is 2. The lowest BCUT2D eigenvalue weighted by atomic mass is 9.94. The number of pyridine rings is 1. The molecule has 0 radical (unpaired) electrons. The van der Waals surface area contributed by atoms with Gasteiger partial charge in [0, 0.05) is 6.42 Å². The average Bonchev–Trinajstić information content (AvgIpc) is 2.26. The topological polar surface area (TPSA) is 70.8 Å². The molecule has 94 valence electrons. The minimum Gasteiger partial charge on any atom is -0.369 e. The predicted molar refractivity (Wildman–Crippen MR) is 70.1 cm³/mol. The first-order valence-corrected chi connectivity index (χ1v) is 6.14. The molecule has 1 aliphatic rings. The van der Waals surface area contributed by atoms with Crippen molar-refractivity contribution in [1.29, 1.82) is 0 Å². The van der Waals surface area contributed by atoms with Crippen LogP contribution in [0.25, 0.3) is 11.0 Å². The van der Waals surface area contributed by atoms with Crippen molar-refractivity contribution in [3.8, 4) is 0 Å². The van der Waals surface area contributed by atoms with Gasteiger partial charge < -0.3 is 9.72 Å². The Bertz CT molecular complexity index is 745. The Morgan fingerprint density at radius 2 is 2.22 bits per heavy atom. The molecule has 6 heteroatoms. The average molecular weight is 263 g/mol. The highest BCUT2D eigenvalue weighted by Gasteiger charge is 2.27. The summed E-state index contributed by atoms with van der Waals surface area (Å²) in [7, 11) is 0. The van der Waals surface area contributed by atoms with Crippen LogP contribution >= 0.6 is 12.2 Å². The van der Waals surface area contributed by atoms with Gasteiger partial charge >= 0.3 is 0 Å². The van der Waals surface area contributed by atoms with E-state index in [0.29, 0.717) is 17.6 Å². The molecule has 2 aromatic rings. The zero-order chi connectivity index (χ0) is 12.9. The van der Waals surface area contributed by atoms with E-state index < -0.39 is 0 Å². The third-order valence-electron chi connectivity index (χ3n) is 3.11. The summed E-state index contributed by atoms with van der Waals surface area (Å²) in [6, 6.07) is 1.88. The second-order valence-electron chi connectivity index (χ2n) is 5.12. The lowest BCUT2D eigenvalue weighted by Crippen LogP contribution is -2.32. The van der Waals surface area contributed by atoms with E-state index in [0.717, 1.165) is 17.7 Å². The molecule has 0 atom stereocenters. The van der Waals surface area contributed by atoms with Gasteiger partial charge in [0.2, 0.25) is 0 Å². The zero-order valence-corrected chi connectivity index (χ0v) is 11.0. The monoisotopic (exact) mass is 263 g/mol. The fourth-order valence-corrected chi connectivity index (χ4v) is 2.41. The predicted octanol–water partition coefficient (Wildman–Crippen LogP) is 1.83. The van der Waals surface area contributed by atoms with E-state index in [2.05, 4.69) is 15.0 Å². The highest BCUT2D eigenvalue weighted by Crippen LogP contribution is 2.27. The zero-order valence-electron chi connectivity index (χ0n) is 10.2. The van der Waals surface area contributed by atoms with Crippen molar-refractivity contribution in [2.24, 2.45) is 0 Å². The normalized spacial score (nSPS) is 17.7. The van der Waals surface area contributed by atoms with Crippen LogP contribution < -0.4 is 5.56 Å². The first kappa shape index (κ1) is 11.6. The van der Waals surface area contributed by atoms with Crippen molar-refractivity contribution in [3.05, 3.63) is 32.4 Å². The Hall–Kier alpha value is -1.53. The summed E-state index contributed by atoms with van der Waals surface area (Å²) in [5.74, 6) is 0. The van der Waals surface area contributed by atoms with Crippen LogP contribution in [0.2, 0.25) is 0 Å². The van der Waals surface area contributed by atoms with Crippen molar-refractivity contribution in [2.75, 3.05) is 0 Å². The maximum absolute atomic E-state index is 11.8. The van der Waals surface area contributed by atoms with Crippen molar-refractivity contribution >= 4 is 23.3 Å². The highest BCUT2D eigenvalue weighted by molar-refractivity contribution is 7.71. The van der Waals surface area contributed by atoms with Crippen molar-refractivity contribution < 1.29 is 4.74 Å². The van der Waals surface area contributed by atoms with E-state index in [-0.39, 0.29) is 15.9 Å². The first-order chi connectivity index (χ1) is 8.44. The van der Waals surface area contributed by atoms with Gasteiger partial charge in [0.05, 0.1) is 23.3 Å². The van der Waals surface area contributed by atoms with Gasteiger partial charge in [-0.25, -0.2) is 4.98 Å². The summed E-state index contributed by atoms with van der Waals surface area (Å²) < 4.78 is 6.00. The molecule has 0 amide bonds.